The predicted octanol–water partition coefficient (Wildman–Crippen LogP) is 4.81. The highest BCUT2D eigenvalue weighted by atomic mass is 35.5. The summed E-state index contributed by atoms with van der Waals surface area (Å²) in [6.07, 6.45) is 0. The highest BCUT2D eigenvalue weighted by Gasteiger charge is 2.09. The quantitative estimate of drug-likeness (QED) is 0.675. The molecule has 7 heteroatoms. The van der Waals surface area contributed by atoms with Crippen molar-refractivity contribution in [2.75, 3.05) is 17.7 Å². The number of benzene rings is 2. The third kappa shape index (κ3) is 4.02. The van der Waals surface area contributed by atoms with Crippen LogP contribution < -0.4 is 15.4 Å². The number of rotatable bonds is 5. The first-order chi connectivity index (χ1) is 12.6. The van der Waals surface area contributed by atoms with Crippen LogP contribution in [0, 0.1) is 18.3 Å². The molecule has 0 aliphatic carbocycles. The van der Waals surface area contributed by atoms with E-state index in [1.54, 1.807) is 43.5 Å². The molecule has 0 unspecified atom stereocenters. The Morgan fingerprint density at radius 1 is 1.04 bits per heavy atom. The minimum absolute atomic E-state index is 0.385. The number of hydrogen-bond donors (Lipinski definition) is 2. The molecule has 130 valence electrons. The summed E-state index contributed by atoms with van der Waals surface area (Å²) in [6, 6.07) is 16.4. The Kier molecular flexibility index (Phi) is 5.20. The third-order valence-corrected chi connectivity index (χ3v) is 3.81. The predicted molar refractivity (Wildman–Crippen MR) is 102 cm³/mol. The molecular formula is C19H16ClN5O. The van der Waals surface area contributed by atoms with Crippen LogP contribution in [0.1, 0.15) is 11.3 Å². The molecule has 6 nitrogen and oxygen atoms in total. The summed E-state index contributed by atoms with van der Waals surface area (Å²) in [6.45, 7) is 1.86. The van der Waals surface area contributed by atoms with Gasteiger partial charge in [-0.2, -0.15) is 10.2 Å². The van der Waals surface area contributed by atoms with E-state index in [1.165, 1.54) is 0 Å². The van der Waals surface area contributed by atoms with Crippen LogP contribution in [0.15, 0.2) is 48.5 Å². The largest absolute Gasteiger partial charge is 0.495 e. The maximum absolute atomic E-state index is 9.21. The Labute approximate surface area is 156 Å². The molecule has 0 spiro atoms. The molecule has 0 amide bonds. The van der Waals surface area contributed by atoms with E-state index in [4.69, 9.17) is 16.3 Å². The molecule has 0 radical (unpaired) electrons. The third-order valence-electron chi connectivity index (χ3n) is 3.57. The first-order valence-corrected chi connectivity index (χ1v) is 8.19. The van der Waals surface area contributed by atoms with Gasteiger partial charge in [0.05, 0.1) is 24.0 Å². The molecule has 1 heterocycles. The Bertz CT molecular complexity index is 984. The molecule has 0 aliphatic rings. The van der Waals surface area contributed by atoms with Gasteiger partial charge in [0.1, 0.15) is 17.6 Å². The summed E-state index contributed by atoms with van der Waals surface area (Å²) in [5.74, 6) is 1.61. The minimum Gasteiger partial charge on any atom is -0.495 e. The van der Waals surface area contributed by atoms with Gasteiger partial charge in [0.2, 0.25) is 5.95 Å². The van der Waals surface area contributed by atoms with Crippen LogP contribution in [0.5, 0.6) is 5.75 Å². The van der Waals surface area contributed by atoms with Crippen molar-refractivity contribution >= 4 is 34.7 Å². The van der Waals surface area contributed by atoms with Gasteiger partial charge in [0.25, 0.3) is 0 Å². The lowest BCUT2D eigenvalue weighted by Crippen LogP contribution is -2.04. The highest BCUT2D eigenvalue weighted by molar-refractivity contribution is 6.31. The average molecular weight is 366 g/mol. The minimum atomic E-state index is 0.385. The van der Waals surface area contributed by atoms with Gasteiger partial charge in [0.15, 0.2) is 0 Å². The van der Waals surface area contributed by atoms with Gasteiger partial charge in [-0.15, -0.1) is 0 Å². The standard InChI is InChI=1S/C19H16ClN5O/c1-12-9-18(23-16-10-14(20)7-8-17(16)26-2)25-19(22-12)24-15-6-4-3-5-13(15)11-21/h3-10H,1-2H3,(H2,22,23,24,25). The summed E-state index contributed by atoms with van der Waals surface area (Å²) in [4.78, 5) is 8.84. The van der Waals surface area contributed by atoms with Gasteiger partial charge in [-0.3, -0.25) is 0 Å². The fourth-order valence-corrected chi connectivity index (χ4v) is 2.59. The molecule has 0 saturated carbocycles. The molecule has 0 fully saturated rings. The van der Waals surface area contributed by atoms with Crippen molar-refractivity contribution in [3.8, 4) is 11.8 Å². The van der Waals surface area contributed by atoms with Crippen LogP contribution in [-0.4, -0.2) is 17.1 Å². The number of methoxy groups -OCH3 is 1. The Balaban J connectivity index is 1.91. The van der Waals surface area contributed by atoms with Gasteiger partial charge in [-0.1, -0.05) is 23.7 Å². The monoisotopic (exact) mass is 365 g/mol. The zero-order valence-corrected chi connectivity index (χ0v) is 15.0. The lowest BCUT2D eigenvalue weighted by atomic mass is 10.2. The molecule has 1 aromatic heterocycles. The summed E-state index contributed by atoms with van der Waals surface area (Å²) in [5, 5.41) is 16.1. The van der Waals surface area contributed by atoms with E-state index in [2.05, 4.69) is 26.7 Å². The zero-order chi connectivity index (χ0) is 18.5. The van der Waals surface area contributed by atoms with Gasteiger partial charge in [0, 0.05) is 16.8 Å². The maximum atomic E-state index is 9.21. The van der Waals surface area contributed by atoms with E-state index < -0.39 is 0 Å². The lowest BCUT2D eigenvalue weighted by molar-refractivity contribution is 0.417. The van der Waals surface area contributed by atoms with Crippen molar-refractivity contribution < 1.29 is 4.74 Å². The molecule has 2 N–H and O–H groups in total. The van der Waals surface area contributed by atoms with E-state index in [9.17, 15) is 5.26 Å². The Hall–Kier alpha value is -3.30. The number of halogens is 1. The van der Waals surface area contributed by atoms with E-state index in [1.807, 2.05) is 19.1 Å². The number of nitrogens with one attached hydrogen (secondary N) is 2. The van der Waals surface area contributed by atoms with Crippen molar-refractivity contribution in [2.45, 2.75) is 6.92 Å². The number of nitriles is 1. The van der Waals surface area contributed by atoms with Crippen LogP contribution >= 0.6 is 11.6 Å². The van der Waals surface area contributed by atoms with Crippen molar-refractivity contribution in [2.24, 2.45) is 0 Å². The fraction of sp³-hybridized carbons (Fsp3) is 0.105. The molecule has 3 aromatic rings. The molecular weight excluding hydrogens is 350 g/mol. The molecule has 3 rings (SSSR count). The van der Waals surface area contributed by atoms with Crippen LogP contribution in [0.2, 0.25) is 5.02 Å². The number of anilines is 4. The van der Waals surface area contributed by atoms with E-state index in [0.717, 1.165) is 5.69 Å². The number of ether oxygens (including phenoxy) is 1. The van der Waals surface area contributed by atoms with E-state index >= 15 is 0 Å². The van der Waals surface area contributed by atoms with Crippen molar-refractivity contribution in [1.82, 2.24) is 9.97 Å². The smallest absolute Gasteiger partial charge is 0.229 e. The van der Waals surface area contributed by atoms with E-state index in [-0.39, 0.29) is 0 Å². The van der Waals surface area contributed by atoms with Crippen molar-refractivity contribution in [3.05, 3.63) is 64.8 Å². The van der Waals surface area contributed by atoms with Crippen molar-refractivity contribution in [1.29, 1.82) is 5.26 Å². The summed E-state index contributed by atoms with van der Waals surface area (Å²) >= 11 is 6.07. The van der Waals surface area contributed by atoms with Crippen LogP contribution in [0.25, 0.3) is 0 Å². The second-order valence-corrected chi connectivity index (χ2v) is 5.91. The van der Waals surface area contributed by atoms with Gasteiger partial charge < -0.3 is 15.4 Å². The number of aryl methyl sites for hydroxylation is 1. The molecule has 0 saturated heterocycles. The van der Waals surface area contributed by atoms with Gasteiger partial charge in [-0.05, 0) is 37.3 Å². The molecule has 2 aromatic carbocycles. The molecule has 0 bridgehead atoms. The molecule has 0 aliphatic heterocycles. The van der Waals surface area contributed by atoms with E-state index in [0.29, 0.717) is 39.5 Å². The number of nitrogens with zero attached hydrogens (tertiary/aromatic N) is 3. The second kappa shape index (κ2) is 7.72. The number of hydrogen-bond acceptors (Lipinski definition) is 6. The zero-order valence-electron chi connectivity index (χ0n) is 14.2. The maximum Gasteiger partial charge on any atom is 0.229 e. The second-order valence-electron chi connectivity index (χ2n) is 5.47. The van der Waals surface area contributed by atoms with Crippen LogP contribution in [0.4, 0.5) is 23.1 Å². The number of aromatic nitrogens is 2. The first kappa shape index (κ1) is 17.5. The SMILES string of the molecule is COc1ccc(Cl)cc1Nc1cc(C)nc(Nc2ccccc2C#N)n1. The van der Waals surface area contributed by atoms with Crippen LogP contribution in [0.3, 0.4) is 0 Å². The molecule has 0 atom stereocenters. The van der Waals surface area contributed by atoms with Gasteiger partial charge in [-0.25, -0.2) is 4.98 Å². The Morgan fingerprint density at radius 2 is 1.85 bits per heavy atom. The topological polar surface area (TPSA) is 82.9 Å². The van der Waals surface area contributed by atoms with Gasteiger partial charge >= 0.3 is 0 Å². The van der Waals surface area contributed by atoms with Crippen molar-refractivity contribution in [3.63, 3.8) is 0 Å². The Morgan fingerprint density at radius 3 is 2.62 bits per heavy atom. The summed E-state index contributed by atoms with van der Waals surface area (Å²) < 4.78 is 5.34. The molecule has 26 heavy (non-hydrogen) atoms. The summed E-state index contributed by atoms with van der Waals surface area (Å²) in [7, 11) is 1.59. The first-order valence-electron chi connectivity index (χ1n) is 7.81. The fourth-order valence-electron chi connectivity index (χ4n) is 2.41. The lowest BCUT2D eigenvalue weighted by Gasteiger charge is -2.13. The average Bonchev–Trinajstić information content (AvgIpc) is 2.62. The number of para-hydroxylation sites is 1. The highest BCUT2D eigenvalue weighted by Crippen LogP contribution is 2.30. The van der Waals surface area contributed by atoms with Crippen LogP contribution in [-0.2, 0) is 0 Å². The summed E-state index contributed by atoms with van der Waals surface area (Å²) in [5.41, 5.74) is 2.62. The normalized spacial score (nSPS) is 10.1.